The van der Waals surface area contributed by atoms with Gasteiger partial charge in [0.2, 0.25) is 0 Å². The topological polar surface area (TPSA) is 39.1 Å². The lowest BCUT2D eigenvalue weighted by atomic mass is 9.95. The Bertz CT molecular complexity index is 443. The number of rotatable bonds is 6. The lowest BCUT2D eigenvalue weighted by molar-refractivity contribution is 0.166. The largest absolute Gasteiger partial charge is 0.317 e. The fraction of sp³-hybridized carbons (Fsp3) is 0.611. The molecule has 0 spiro atoms. The Balaban J connectivity index is 1.99. The molecule has 1 aromatic carbocycles. The van der Waals surface area contributed by atoms with E-state index in [-0.39, 0.29) is 5.92 Å². The molecule has 1 unspecified atom stereocenters. The summed E-state index contributed by atoms with van der Waals surface area (Å²) in [6.45, 7) is 8.70. The molecule has 0 bridgehead atoms. The number of piperidine rings is 1. The first-order valence-electron chi connectivity index (χ1n) is 8.10. The summed E-state index contributed by atoms with van der Waals surface area (Å²) < 4.78 is 0. The fourth-order valence-corrected chi connectivity index (χ4v) is 3.03. The fourth-order valence-electron chi connectivity index (χ4n) is 3.03. The molecule has 0 aliphatic carbocycles. The molecule has 21 heavy (non-hydrogen) atoms. The van der Waals surface area contributed by atoms with Gasteiger partial charge in [-0.3, -0.25) is 4.90 Å². The number of hydrogen-bond donors (Lipinski definition) is 1. The molecule has 1 N–H and O–H groups in total. The Morgan fingerprint density at radius 2 is 1.90 bits per heavy atom. The molecule has 3 heteroatoms. The van der Waals surface area contributed by atoms with Gasteiger partial charge in [-0.25, -0.2) is 0 Å². The first-order chi connectivity index (χ1) is 10.2. The van der Waals surface area contributed by atoms with Crippen LogP contribution >= 0.6 is 0 Å². The first kappa shape index (κ1) is 16.0. The highest BCUT2D eigenvalue weighted by molar-refractivity contribution is 5.25. The van der Waals surface area contributed by atoms with E-state index in [0.29, 0.717) is 6.04 Å². The van der Waals surface area contributed by atoms with Crippen LogP contribution < -0.4 is 5.32 Å². The second-order valence-electron chi connectivity index (χ2n) is 6.33. The number of nitrogens with zero attached hydrogens (tertiary/aromatic N) is 2. The predicted octanol–water partition coefficient (Wildman–Crippen LogP) is 3.00. The van der Waals surface area contributed by atoms with Crippen LogP contribution in [0.5, 0.6) is 0 Å². The zero-order valence-corrected chi connectivity index (χ0v) is 13.3. The molecule has 2 rings (SSSR count). The van der Waals surface area contributed by atoms with Crippen molar-refractivity contribution in [3.63, 3.8) is 0 Å². The van der Waals surface area contributed by atoms with Gasteiger partial charge in [0.15, 0.2) is 0 Å². The molecule has 0 aromatic heterocycles. The van der Waals surface area contributed by atoms with Gasteiger partial charge in [0.25, 0.3) is 0 Å². The Morgan fingerprint density at radius 3 is 2.48 bits per heavy atom. The second kappa shape index (κ2) is 8.17. The van der Waals surface area contributed by atoms with E-state index in [0.717, 1.165) is 37.7 Å². The van der Waals surface area contributed by atoms with Crippen LogP contribution in [0.1, 0.15) is 38.2 Å². The van der Waals surface area contributed by atoms with Crippen LogP contribution in [0.3, 0.4) is 0 Å². The Kier molecular flexibility index (Phi) is 6.22. The van der Waals surface area contributed by atoms with Gasteiger partial charge in [-0.15, -0.1) is 0 Å². The summed E-state index contributed by atoms with van der Waals surface area (Å²) in [7, 11) is 0. The Labute approximate surface area is 129 Å². The van der Waals surface area contributed by atoms with Gasteiger partial charge in [-0.05, 0) is 51.3 Å². The van der Waals surface area contributed by atoms with E-state index in [2.05, 4.69) is 42.3 Å². The third-order valence-corrected chi connectivity index (χ3v) is 4.46. The van der Waals surface area contributed by atoms with Gasteiger partial charge in [0.1, 0.15) is 0 Å². The van der Waals surface area contributed by atoms with Crippen LogP contribution in [0, 0.1) is 17.2 Å². The van der Waals surface area contributed by atoms with Crippen molar-refractivity contribution in [2.24, 2.45) is 5.92 Å². The zero-order valence-electron chi connectivity index (χ0n) is 13.3. The van der Waals surface area contributed by atoms with Crippen molar-refractivity contribution in [1.29, 1.82) is 5.26 Å². The van der Waals surface area contributed by atoms with E-state index in [4.69, 9.17) is 0 Å². The monoisotopic (exact) mass is 285 g/mol. The molecule has 1 saturated heterocycles. The van der Waals surface area contributed by atoms with Crippen molar-refractivity contribution in [1.82, 2.24) is 10.2 Å². The van der Waals surface area contributed by atoms with Gasteiger partial charge >= 0.3 is 0 Å². The molecule has 1 fully saturated rings. The summed E-state index contributed by atoms with van der Waals surface area (Å²) in [5.74, 6) is 0.735. The minimum absolute atomic E-state index is 0.0321. The Morgan fingerprint density at radius 1 is 1.24 bits per heavy atom. The molecule has 0 saturated carbocycles. The standard InChI is InChI=1S/C18H27N3/c1-15(2)21(13-16-8-10-20-11-9-16)14-18(12-19)17-6-4-3-5-7-17/h3-7,15-16,18,20H,8-11,13-14H2,1-2H3. The van der Waals surface area contributed by atoms with Gasteiger partial charge in [0, 0.05) is 19.1 Å². The molecule has 1 heterocycles. The molecule has 1 atom stereocenters. The van der Waals surface area contributed by atoms with Crippen molar-refractivity contribution < 1.29 is 0 Å². The first-order valence-corrected chi connectivity index (χ1v) is 8.10. The highest BCUT2D eigenvalue weighted by Gasteiger charge is 2.22. The van der Waals surface area contributed by atoms with E-state index >= 15 is 0 Å². The van der Waals surface area contributed by atoms with Crippen LogP contribution in [0.2, 0.25) is 0 Å². The van der Waals surface area contributed by atoms with Gasteiger partial charge in [-0.1, -0.05) is 30.3 Å². The predicted molar refractivity (Wildman–Crippen MR) is 87.1 cm³/mol. The lowest BCUT2D eigenvalue weighted by Gasteiger charge is -2.33. The third-order valence-electron chi connectivity index (χ3n) is 4.46. The van der Waals surface area contributed by atoms with Crippen LogP contribution in [0.4, 0.5) is 0 Å². The maximum Gasteiger partial charge on any atom is 0.0839 e. The normalized spacial score (nSPS) is 17.9. The summed E-state index contributed by atoms with van der Waals surface area (Å²) in [6.07, 6.45) is 2.51. The quantitative estimate of drug-likeness (QED) is 0.873. The maximum atomic E-state index is 9.53. The minimum Gasteiger partial charge on any atom is -0.317 e. The van der Waals surface area contributed by atoms with Gasteiger partial charge in [0.05, 0.1) is 12.0 Å². The van der Waals surface area contributed by atoms with Crippen molar-refractivity contribution in [2.45, 2.75) is 38.6 Å². The highest BCUT2D eigenvalue weighted by Crippen LogP contribution is 2.20. The van der Waals surface area contributed by atoms with E-state index in [1.807, 2.05) is 18.2 Å². The van der Waals surface area contributed by atoms with Crippen molar-refractivity contribution in [3.05, 3.63) is 35.9 Å². The SMILES string of the molecule is CC(C)N(CC1CCNCC1)CC(C#N)c1ccccc1. The number of benzene rings is 1. The molecule has 1 aromatic rings. The summed E-state index contributed by atoms with van der Waals surface area (Å²) in [5, 5.41) is 13.0. The molecule has 0 amide bonds. The van der Waals surface area contributed by atoms with Gasteiger partial charge < -0.3 is 5.32 Å². The van der Waals surface area contributed by atoms with Crippen LogP contribution in [-0.2, 0) is 0 Å². The van der Waals surface area contributed by atoms with Gasteiger partial charge in [-0.2, -0.15) is 5.26 Å². The van der Waals surface area contributed by atoms with Crippen LogP contribution in [-0.4, -0.2) is 37.1 Å². The molecule has 114 valence electrons. The average molecular weight is 285 g/mol. The Hall–Kier alpha value is -1.37. The zero-order chi connectivity index (χ0) is 15.1. The van der Waals surface area contributed by atoms with Crippen molar-refractivity contribution in [3.8, 4) is 6.07 Å². The van der Waals surface area contributed by atoms with E-state index in [1.165, 1.54) is 12.8 Å². The number of nitriles is 1. The molecular weight excluding hydrogens is 258 g/mol. The third kappa shape index (κ3) is 4.84. The van der Waals surface area contributed by atoms with E-state index in [1.54, 1.807) is 0 Å². The summed E-state index contributed by atoms with van der Waals surface area (Å²) in [6, 6.07) is 13.2. The highest BCUT2D eigenvalue weighted by atomic mass is 15.1. The molecule has 1 aliphatic rings. The molecule has 3 nitrogen and oxygen atoms in total. The maximum absolute atomic E-state index is 9.53. The van der Waals surface area contributed by atoms with E-state index in [9.17, 15) is 5.26 Å². The van der Waals surface area contributed by atoms with Crippen LogP contribution in [0.25, 0.3) is 0 Å². The molecule has 0 radical (unpaired) electrons. The van der Waals surface area contributed by atoms with Crippen molar-refractivity contribution >= 4 is 0 Å². The van der Waals surface area contributed by atoms with E-state index < -0.39 is 0 Å². The smallest absolute Gasteiger partial charge is 0.0839 e. The average Bonchev–Trinajstić information content (AvgIpc) is 2.53. The number of nitrogens with one attached hydrogen (secondary N) is 1. The summed E-state index contributed by atoms with van der Waals surface area (Å²) in [5.41, 5.74) is 1.14. The lowest BCUT2D eigenvalue weighted by Crippen LogP contribution is -2.41. The summed E-state index contributed by atoms with van der Waals surface area (Å²) in [4.78, 5) is 2.48. The second-order valence-corrected chi connectivity index (χ2v) is 6.33. The van der Waals surface area contributed by atoms with Crippen LogP contribution in [0.15, 0.2) is 30.3 Å². The molecular formula is C18H27N3. The minimum atomic E-state index is -0.0321. The van der Waals surface area contributed by atoms with Crippen molar-refractivity contribution in [2.75, 3.05) is 26.2 Å². The molecule has 1 aliphatic heterocycles. The summed E-state index contributed by atoms with van der Waals surface area (Å²) >= 11 is 0. The number of hydrogen-bond acceptors (Lipinski definition) is 3.